The molecule has 0 spiro atoms. The van der Waals surface area contributed by atoms with Crippen LogP contribution >= 0.6 is 0 Å². The lowest BCUT2D eigenvalue weighted by molar-refractivity contribution is 0.0384. The zero-order chi connectivity index (χ0) is 13.0. The lowest BCUT2D eigenvalue weighted by Gasteiger charge is -2.26. The van der Waals surface area contributed by atoms with Crippen molar-refractivity contribution >= 4 is 5.69 Å². The highest BCUT2D eigenvalue weighted by molar-refractivity contribution is 5.55. The van der Waals surface area contributed by atoms with Crippen LogP contribution in [0.3, 0.4) is 0 Å². The fourth-order valence-corrected chi connectivity index (χ4v) is 2.20. The Hall–Kier alpha value is -1.57. The number of aryl methyl sites for hydroxylation is 1. The molecule has 0 radical (unpaired) electrons. The zero-order valence-corrected chi connectivity index (χ0v) is 10.8. The Morgan fingerprint density at radius 1 is 1.39 bits per heavy atom. The predicted molar refractivity (Wildman–Crippen MR) is 71.3 cm³/mol. The van der Waals surface area contributed by atoms with Crippen LogP contribution in [0.5, 0.6) is 0 Å². The van der Waals surface area contributed by atoms with Gasteiger partial charge in [-0.1, -0.05) is 6.07 Å². The molecule has 1 aliphatic heterocycles. The number of hydrogen-bond donors (Lipinski definition) is 1. The molecule has 18 heavy (non-hydrogen) atoms. The van der Waals surface area contributed by atoms with Crippen LogP contribution in [0.1, 0.15) is 16.7 Å². The van der Waals surface area contributed by atoms with Crippen LogP contribution < -0.4 is 5.73 Å². The first kappa shape index (κ1) is 12.9. The van der Waals surface area contributed by atoms with Gasteiger partial charge in [0.1, 0.15) is 0 Å². The Bertz CT molecular complexity index is 459. The summed E-state index contributed by atoms with van der Waals surface area (Å²) in [6.07, 6.45) is 0.893. The molecule has 0 aromatic heterocycles. The van der Waals surface area contributed by atoms with Crippen molar-refractivity contribution in [1.82, 2.24) is 4.90 Å². The third-order valence-corrected chi connectivity index (χ3v) is 3.41. The molecule has 0 unspecified atom stereocenters. The Kier molecular flexibility index (Phi) is 4.19. The molecular formula is C14H19N3O. The van der Waals surface area contributed by atoms with Gasteiger partial charge in [-0.3, -0.25) is 4.90 Å². The quantitative estimate of drug-likeness (QED) is 0.816. The number of anilines is 1. The van der Waals surface area contributed by atoms with Gasteiger partial charge in [0.25, 0.3) is 0 Å². The van der Waals surface area contributed by atoms with Crippen LogP contribution in [0, 0.1) is 18.3 Å². The Morgan fingerprint density at radius 2 is 2.11 bits per heavy atom. The van der Waals surface area contributed by atoms with E-state index in [2.05, 4.69) is 11.0 Å². The van der Waals surface area contributed by atoms with Gasteiger partial charge in [0.2, 0.25) is 0 Å². The van der Waals surface area contributed by atoms with E-state index in [1.54, 1.807) is 6.07 Å². The van der Waals surface area contributed by atoms with Gasteiger partial charge >= 0.3 is 0 Å². The number of nitrogens with zero attached hydrogens (tertiary/aromatic N) is 2. The molecule has 96 valence electrons. The van der Waals surface area contributed by atoms with E-state index in [4.69, 9.17) is 15.7 Å². The van der Waals surface area contributed by atoms with Crippen molar-refractivity contribution in [3.63, 3.8) is 0 Å². The maximum atomic E-state index is 9.13. The van der Waals surface area contributed by atoms with Gasteiger partial charge in [-0.15, -0.1) is 0 Å². The molecule has 1 aliphatic rings. The first-order valence-electron chi connectivity index (χ1n) is 6.30. The van der Waals surface area contributed by atoms with E-state index in [0.717, 1.165) is 50.4 Å². The van der Waals surface area contributed by atoms with Gasteiger partial charge in [0.15, 0.2) is 0 Å². The zero-order valence-electron chi connectivity index (χ0n) is 10.8. The molecule has 0 amide bonds. The standard InChI is InChI=1S/C14H19N3O/c1-11-8-12(13(10-15)9-14(11)16)2-3-17-4-6-18-7-5-17/h8-9H,2-7,16H2,1H3. The molecule has 2 rings (SSSR count). The van der Waals surface area contributed by atoms with E-state index < -0.39 is 0 Å². The first-order valence-corrected chi connectivity index (χ1v) is 6.30. The van der Waals surface area contributed by atoms with Crippen LogP contribution in [0.4, 0.5) is 5.69 Å². The summed E-state index contributed by atoms with van der Waals surface area (Å²) < 4.78 is 5.32. The van der Waals surface area contributed by atoms with E-state index in [1.165, 1.54) is 0 Å². The monoisotopic (exact) mass is 245 g/mol. The largest absolute Gasteiger partial charge is 0.398 e. The SMILES string of the molecule is Cc1cc(CCN2CCOCC2)c(C#N)cc1N. The van der Waals surface area contributed by atoms with E-state index in [9.17, 15) is 0 Å². The Labute approximate surface area is 108 Å². The molecule has 1 heterocycles. The molecule has 0 atom stereocenters. The molecule has 0 bridgehead atoms. The average Bonchev–Trinajstić information content (AvgIpc) is 2.41. The van der Waals surface area contributed by atoms with Crippen molar-refractivity contribution in [2.24, 2.45) is 0 Å². The second-order valence-corrected chi connectivity index (χ2v) is 4.68. The molecular weight excluding hydrogens is 226 g/mol. The lowest BCUT2D eigenvalue weighted by atomic mass is 10.0. The van der Waals surface area contributed by atoms with Gasteiger partial charge in [-0.2, -0.15) is 5.26 Å². The minimum absolute atomic E-state index is 0.696. The van der Waals surface area contributed by atoms with Crippen LogP contribution in [-0.2, 0) is 11.2 Å². The molecule has 0 saturated carbocycles. The molecule has 1 fully saturated rings. The summed E-state index contributed by atoms with van der Waals surface area (Å²) in [4.78, 5) is 2.37. The number of rotatable bonds is 3. The first-order chi connectivity index (χ1) is 8.70. The van der Waals surface area contributed by atoms with Crippen molar-refractivity contribution in [2.75, 3.05) is 38.6 Å². The highest BCUT2D eigenvalue weighted by Crippen LogP contribution is 2.18. The third-order valence-electron chi connectivity index (χ3n) is 3.41. The summed E-state index contributed by atoms with van der Waals surface area (Å²) in [5, 5.41) is 9.13. The number of ether oxygens (including phenoxy) is 1. The molecule has 4 nitrogen and oxygen atoms in total. The molecule has 4 heteroatoms. The summed E-state index contributed by atoms with van der Waals surface area (Å²) in [7, 11) is 0. The van der Waals surface area contributed by atoms with E-state index in [0.29, 0.717) is 11.3 Å². The summed E-state index contributed by atoms with van der Waals surface area (Å²) in [5.74, 6) is 0. The van der Waals surface area contributed by atoms with Crippen LogP contribution in [0.25, 0.3) is 0 Å². The topological polar surface area (TPSA) is 62.3 Å². The van der Waals surface area contributed by atoms with Crippen molar-refractivity contribution in [3.05, 3.63) is 28.8 Å². The van der Waals surface area contributed by atoms with Gasteiger partial charge in [0.05, 0.1) is 24.8 Å². The van der Waals surface area contributed by atoms with Gasteiger partial charge in [-0.25, -0.2) is 0 Å². The molecule has 1 saturated heterocycles. The summed E-state index contributed by atoms with van der Waals surface area (Å²) in [6.45, 7) is 6.54. The number of hydrogen-bond acceptors (Lipinski definition) is 4. The van der Waals surface area contributed by atoms with Gasteiger partial charge in [0, 0.05) is 25.3 Å². The van der Waals surface area contributed by atoms with Gasteiger partial charge < -0.3 is 10.5 Å². The number of benzene rings is 1. The van der Waals surface area contributed by atoms with Crippen molar-refractivity contribution < 1.29 is 4.74 Å². The van der Waals surface area contributed by atoms with Crippen molar-refractivity contribution in [2.45, 2.75) is 13.3 Å². The maximum Gasteiger partial charge on any atom is 0.0995 e. The minimum atomic E-state index is 0.696. The third kappa shape index (κ3) is 3.00. The van der Waals surface area contributed by atoms with Crippen molar-refractivity contribution in [1.29, 1.82) is 5.26 Å². The average molecular weight is 245 g/mol. The second-order valence-electron chi connectivity index (χ2n) is 4.68. The summed E-state index contributed by atoms with van der Waals surface area (Å²) >= 11 is 0. The van der Waals surface area contributed by atoms with Crippen LogP contribution in [0.2, 0.25) is 0 Å². The molecule has 0 aliphatic carbocycles. The normalized spacial score (nSPS) is 16.4. The summed E-state index contributed by atoms with van der Waals surface area (Å²) in [5.41, 5.74) is 9.36. The number of nitrogens with two attached hydrogens (primary N) is 1. The van der Waals surface area contributed by atoms with Crippen LogP contribution in [-0.4, -0.2) is 37.7 Å². The molecule has 2 N–H and O–H groups in total. The number of morpholine rings is 1. The second kappa shape index (κ2) is 5.85. The molecule has 1 aromatic carbocycles. The minimum Gasteiger partial charge on any atom is -0.398 e. The summed E-state index contributed by atoms with van der Waals surface area (Å²) in [6, 6.07) is 6.05. The van der Waals surface area contributed by atoms with E-state index in [-0.39, 0.29) is 0 Å². The van der Waals surface area contributed by atoms with Crippen molar-refractivity contribution in [3.8, 4) is 6.07 Å². The molecule has 1 aromatic rings. The predicted octanol–water partition coefficient (Wildman–Crippen LogP) is 1.32. The lowest BCUT2D eigenvalue weighted by Crippen LogP contribution is -2.37. The Morgan fingerprint density at radius 3 is 2.78 bits per heavy atom. The van der Waals surface area contributed by atoms with Crippen LogP contribution in [0.15, 0.2) is 12.1 Å². The fourth-order valence-electron chi connectivity index (χ4n) is 2.20. The smallest absolute Gasteiger partial charge is 0.0995 e. The highest BCUT2D eigenvalue weighted by atomic mass is 16.5. The highest BCUT2D eigenvalue weighted by Gasteiger charge is 2.12. The Balaban J connectivity index is 2.04. The van der Waals surface area contributed by atoms with Gasteiger partial charge in [-0.05, 0) is 30.5 Å². The maximum absolute atomic E-state index is 9.13. The fraction of sp³-hybridized carbons (Fsp3) is 0.500. The number of nitrogen functional groups attached to an aromatic ring is 1. The van der Waals surface area contributed by atoms with E-state index in [1.807, 2.05) is 13.0 Å². The number of nitriles is 1. The van der Waals surface area contributed by atoms with E-state index >= 15 is 0 Å².